The fourth-order valence-electron chi connectivity index (χ4n) is 3.53. The van der Waals surface area contributed by atoms with Crippen LogP contribution in [-0.4, -0.2) is 63.2 Å². The predicted octanol–water partition coefficient (Wildman–Crippen LogP) is -0.328. The van der Waals surface area contributed by atoms with Crippen LogP contribution in [0.15, 0.2) is 34.7 Å². The quantitative estimate of drug-likeness (QED) is 0.227. The molecule has 0 N–H and O–H groups in total. The molecule has 0 saturated carbocycles. The molecule has 1 saturated heterocycles. The second-order valence-corrected chi connectivity index (χ2v) is 9.48. The summed E-state index contributed by atoms with van der Waals surface area (Å²) in [6.45, 7) is 9.30. The minimum atomic E-state index is -0.620. The normalized spacial score (nSPS) is 15.0. The fraction of sp³-hybridized carbons (Fsp3) is 0.458. The van der Waals surface area contributed by atoms with E-state index < -0.39 is 5.41 Å². The van der Waals surface area contributed by atoms with Crippen molar-refractivity contribution in [3.63, 3.8) is 0 Å². The van der Waals surface area contributed by atoms with Crippen molar-refractivity contribution in [1.29, 1.82) is 0 Å². The van der Waals surface area contributed by atoms with Gasteiger partial charge in [0.05, 0.1) is 11.5 Å². The molecular formula is C24H31ClN4O3. The molecule has 0 amide bonds. The molecule has 0 atom stereocenters. The van der Waals surface area contributed by atoms with Gasteiger partial charge >= 0.3 is 5.97 Å². The van der Waals surface area contributed by atoms with Gasteiger partial charge in [-0.1, -0.05) is 0 Å². The molecule has 1 aromatic rings. The molecule has 172 valence electrons. The fourth-order valence-corrected chi connectivity index (χ4v) is 3.53. The van der Waals surface area contributed by atoms with Gasteiger partial charge in [-0.25, -0.2) is 9.56 Å². The number of aromatic nitrogens is 1. The van der Waals surface area contributed by atoms with Crippen LogP contribution in [0, 0.1) is 5.41 Å². The summed E-state index contributed by atoms with van der Waals surface area (Å²) >= 11 is 0. The van der Waals surface area contributed by atoms with Crippen molar-refractivity contribution < 1.29 is 26.4 Å². The SMILES string of the molecule is CN1CCN(c2cc(OC(=O)C(C)(C)C)c3nc4ccc(=[N+](C)C)cc-4oc3c2)CC1.[Cl-]. The highest BCUT2D eigenvalue weighted by atomic mass is 35.5. The Bertz CT molecular complexity index is 1170. The van der Waals surface area contributed by atoms with Crippen molar-refractivity contribution in [2.24, 2.45) is 5.41 Å². The van der Waals surface area contributed by atoms with E-state index in [0.717, 1.165) is 42.9 Å². The monoisotopic (exact) mass is 458 g/mol. The standard InChI is InChI=1S/C24H31N4O3.ClH/c1-24(2,3)23(29)31-21-15-17(28-11-9-27(6)10-12-28)14-20-22(21)25-18-8-7-16(26(4)5)13-19(18)30-20;/h7-8,13-15H,9-12H2,1-6H3;1H/q+1;/p-1. The molecule has 7 nitrogen and oxygen atoms in total. The first kappa shape index (κ1) is 24.0. The Hall–Kier alpha value is -2.64. The number of nitrogens with zero attached hydrogens (tertiary/aromatic N) is 4. The smallest absolute Gasteiger partial charge is 0.316 e. The summed E-state index contributed by atoms with van der Waals surface area (Å²) in [4.78, 5) is 22.1. The lowest BCUT2D eigenvalue weighted by atomic mass is 9.97. The Labute approximate surface area is 195 Å². The lowest BCUT2D eigenvalue weighted by molar-refractivity contribution is -0.142. The Morgan fingerprint density at radius 3 is 2.41 bits per heavy atom. The first-order valence-electron chi connectivity index (χ1n) is 10.7. The molecule has 8 heteroatoms. The highest BCUT2D eigenvalue weighted by molar-refractivity contribution is 5.89. The molecular weight excluding hydrogens is 428 g/mol. The Kier molecular flexibility index (Phi) is 6.81. The molecule has 4 rings (SSSR count). The van der Waals surface area contributed by atoms with Crippen LogP contribution in [-0.2, 0) is 4.79 Å². The molecule has 0 radical (unpaired) electrons. The largest absolute Gasteiger partial charge is 1.00 e. The molecule has 1 aliphatic carbocycles. The van der Waals surface area contributed by atoms with Gasteiger partial charge < -0.3 is 31.4 Å². The Morgan fingerprint density at radius 2 is 1.78 bits per heavy atom. The van der Waals surface area contributed by atoms with Crippen LogP contribution in [0.3, 0.4) is 0 Å². The van der Waals surface area contributed by atoms with Crippen LogP contribution < -0.4 is 32.0 Å². The van der Waals surface area contributed by atoms with Crippen LogP contribution in [0.1, 0.15) is 20.8 Å². The summed E-state index contributed by atoms with van der Waals surface area (Å²) in [5.74, 6) is 0.838. The van der Waals surface area contributed by atoms with Crippen molar-refractivity contribution in [2.75, 3.05) is 52.2 Å². The maximum absolute atomic E-state index is 12.7. The van der Waals surface area contributed by atoms with Gasteiger partial charge in [0.2, 0.25) is 5.36 Å². The van der Waals surface area contributed by atoms with Crippen LogP contribution in [0.25, 0.3) is 22.6 Å². The molecule has 32 heavy (non-hydrogen) atoms. The molecule has 0 bridgehead atoms. The maximum atomic E-state index is 12.7. The third kappa shape index (κ3) is 4.89. The van der Waals surface area contributed by atoms with Gasteiger partial charge in [0.15, 0.2) is 17.1 Å². The summed E-state index contributed by atoms with van der Waals surface area (Å²) in [7, 11) is 6.11. The second-order valence-electron chi connectivity index (χ2n) is 9.48. The van der Waals surface area contributed by atoms with Crippen LogP contribution in [0.4, 0.5) is 5.69 Å². The minimum absolute atomic E-state index is 0. The number of carbonyl (C=O) groups excluding carboxylic acids is 1. The summed E-state index contributed by atoms with van der Waals surface area (Å²) in [6.07, 6.45) is 0. The van der Waals surface area contributed by atoms with Gasteiger partial charge in [-0.2, -0.15) is 0 Å². The predicted molar refractivity (Wildman–Crippen MR) is 123 cm³/mol. The van der Waals surface area contributed by atoms with E-state index in [9.17, 15) is 4.79 Å². The van der Waals surface area contributed by atoms with Gasteiger partial charge in [0.1, 0.15) is 25.3 Å². The summed E-state index contributed by atoms with van der Waals surface area (Å²) in [6, 6.07) is 9.82. The van der Waals surface area contributed by atoms with E-state index in [-0.39, 0.29) is 18.4 Å². The second kappa shape index (κ2) is 9.08. The van der Waals surface area contributed by atoms with Crippen LogP contribution in [0.2, 0.25) is 0 Å². The zero-order valence-electron chi connectivity index (χ0n) is 19.6. The molecule has 1 aromatic carbocycles. The van der Waals surface area contributed by atoms with Gasteiger partial charge in [-0.15, -0.1) is 0 Å². The van der Waals surface area contributed by atoms with E-state index in [2.05, 4.69) is 16.8 Å². The number of fused-ring (bicyclic) bond motifs is 2. The zero-order valence-corrected chi connectivity index (χ0v) is 20.4. The zero-order chi connectivity index (χ0) is 22.3. The number of hydrogen-bond acceptors (Lipinski definition) is 6. The highest BCUT2D eigenvalue weighted by Gasteiger charge is 2.26. The number of rotatable bonds is 2. The third-order valence-electron chi connectivity index (χ3n) is 5.62. The van der Waals surface area contributed by atoms with Crippen molar-refractivity contribution in [2.45, 2.75) is 20.8 Å². The van der Waals surface area contributed by atoms with E-state index in [0.29, 0.717) is 22.6 Å². The highest BCUT2D eigenvalue weighted by Crippen LogP contribution is 2.35. The average molecular weight is 459 g/mol. The van der Waals surface area contributed by atoms with E-state index in [1.54, 1.807) is 0 Å². The number of anilines is 1. The summed E-state index contributed by atoms with van der Waals surface area (Å²) in [5.41, 5.74) is 2.24. The van der Waals surface area contributed by atoms with E-state index in [1.165, 1.54) is 0 Å². The molecule has 0 aromatic heterocycles. The molecule has 0 spiro atoms. The Balaban J connectivity index is 0.00000289. The number of carbonyl (C=O) groups is 1. The molecule has 0 unspecified atom stereocenters. The van der Waals surface area contributed by atoms with Gasteiger partial charge in [0, 0.05) is 50.1 Å². The summed E-state index contributed by atoms with van der Waals surface area (Å²) < 4.78 is 14.2. The van der Waals surface area contributed by atoms with Crippen molar-refractivity contribution >= 4 is 22.8 Å². The van der Waals surface area contributed by atoms with Gasteiger partial charge in [-0.3, -0.25) is 4.79 Å². The lowest BCUT2D eigenvalue weighted by Crippen LogP contribution is -3.00. The van der Waals surface area contributed by atoms with E-state index >= 15 is 0 Å². The minimum Gasteiger partial charge on any atom is -1.00 e. The number of piperazine rings is 1. The van der Waals surface area contributed by atoms with Crippen molar-refractivity contribution in [3.8, 4) is 17.2 Å². The molecule has 2 aliphatic heterocycles. The number of hydrogen-bond donors (Lipinski definition) is 0. The summed E-state index contributed by atoms with van der Waals surface area (Å²) in [5, 5.41) is 1.03. The molecule has 2 heterocycles. The van der Waals surface area contributed by atoms with Crippen LogP contribution in [0.5, 0.6) is 5.75 Å². The van der Waals surface area contributed by atoms with Gasteiger partial charge in [0.25, 0.3) is 0 Å². The van der Waals surface area contributed by atoms with Crippen molar-refractivity contribution in [1.82, 2.24) is 14.5 Å². The van der Waals surface area contributed by atoms with E-state index in [4.69, 9.17) is 14.1 Å². The lowest BCUT2D eigenvalue weighted by Gasteiger charge is -2.34. The first-order valence-corrected chi connectivity index (χ1v) is 10.7. The van der Waals surface area contributed by atoms with Crippen molar-refractivity contribution in [3.05, 3.63) is 35.7 Å². The number of likely N-dealkylation sites (N-methyl/N-ethyl adjacent to an activating group) is 1. The average Bonchev–Trinajstić information content (AvgIpc) is 2.71. The Morgan fingerprint density at radius 1 is 1.09 bits per heavy atom. The number of ether oxygens (including phenoxy) is 1. The van der Waals surface area contributed by atoms with Crippen LogP contribution >= 0.6 is 0 Å². The third-order valence-corrected chi connectivity index (χ3v) is 5.62. The first-order chi connectivity index (χ1) is 14.6. The topological polar surface area (TPSA) is 61.8 Å². The van der Waals surface area contributed by atoms with E-state index in [1.807, 2.05) is 69.8 Å². The molecule has 3 aliphatic rings. The van der Waals surface area contributed by atoms with Gasteiger partial charge in [-0.05, 0) is 33.9 Å². The molecule has 1 fully saturated rings. The number of benzene rings is 2. The number of halogens is 1. The number of esters is 1. The maximum Gasteiger partial charge on any atom is 0.316 e.